The van der Waals surface area contributed by atoms with Crippen molar-refractivity contribution in [2.45, 2.75) is 13.8 Å². The molecular weight excluding hydrogens is 260 g/mol. The highest BCUT2D eigenvalue weighted by molar-refractivity contribution is 7.79. The molecule has 0 fully saturated rings. The first kappa shape index (κ1) is 15.2. The van der Waals surface area contributed by atoms with Gasteiger partial charge in [0.2, 0.25) is 0 Å². The van der Waals surface area contributed by atoms with Crippen LogP contribution in [0.3, 0.4) is 0 Å². The molecule has 0 N–H and O–H groups in total. The van der Waals surface area contributed by atoms with Crippen LogP contribution < -0.4 is 0 Å². The molecule has 0 saturated carbocycles. The molecule has 2 unspecified atom stereocenters. The SMILES string of the molecule is COS(=O)O/N=C(C)\C(C)=N\OOS(C)=O. The van der Waals surface area contributed by atoms with Crippen LogP contribution in [-0.2, 0) is 40.2 Å². The van der Waals surface area contributed by atoms with Crippen LogP contribution in [0.5, 0.6) is 0 Å². The largest absolute Gasteiger partial charge is 0.381 e. The van der Waals surface area contributed by atoms with E-state index in [0.717, 1.165) is 0 Å². The molecule has 0 aliphatic carbocycles. The number of hydrogen-bond donors (Lipinski definition) is 0. The Kier molecular flexibility index (Phi) is 7.89. The van der Waals surface area contributed by atoms with E-state index in [9.17, 15) is 8.42 Å². The van der Waals surface area contributed by atoms with Crippen LogP contribution >= 0.6 is 0 Å². The van der Waals surface area contributed by atoms with Gasteiger partial charge < -0.3 is 0 Å². The monoisotopic (exact) mass is 272 g/mol. The summed E-state index contributed by atoms with van der Waals surface area (Å²) in [7, 11) is 1.20. The molecule has 8 nitrogen and oxygen atoms in total. The average molecular weight is 272 g/mol. The van der Waals surface area contributed by atoms with Crippen molar-refractivity contribution in [3.8, 4) is 0 Å². The van der Waals surface area contributed by atoms with Gasteiger partial charge in [0.25, 0.3) is 0 Å². The van der Waals surface area contributed by atoms with Gasteiger partial charge in [-0.3, -0.25) is 8.47 Å². The molecule has 0 spiro atoms. The second-order valence-corrected chi connectivity index (χ2v) is 4.17. The van der Waals surface area contributed by atoms with Crippen molar-refractivity contribution in [2.24, 2.45) is 10.3 Å². The maximum absolute atomic E-state index is 10.7. The predicted octanol–water partition coefficient (Wildman–Crippen LogP) is 0.222. The van der Waals surface area contributed by atoms with E-state index in [1.807, 2.05) is 0 Å². The van der Waals surface area contributed by atoms with Gasteiger partial charge in [0, 0.05) is 6.26 Å². The summed E-state index contributed by atoms with van der Waals surface area (Å²) in [6.07, 6.45) is 1.27. The summed E-state index contributed by atoms with van der Waals surface area (Å²) in [5, 5.41) is 6.86. The van der Waals surface area contributed by atoms with E-state index in [1.54, 1.807) is 6.92 Å². The van der Waals surface area contributed by atoms with Crippen molar-refractivity contribution in [2.75, 3.05) is 13.4 Å². The minimum atomic E-state index is -1.94. The third-order valence-electron chi connectivity index (χ3n) is 1.20. The quantitative estimate of drug-likeness (QED) is 0.374. The first-order valence-corrected chi connectivity index (χ1v) is 6.36. The molecule has 0 aliphatic heterocycles. The predicted molar refractivity (Wildman–Crippen MR) is 58.7 cm³/mol. The van der Waals surface area contributed by atoms with E-state index in [4.69, 9.17) is 0 Å². The Morgan fingerprint density at radius 1 is 1.12 bits per heavy atom. The molecule has 0 aromatic rings. The lowest BCUT2D eigenvalue weighted by Gasteiger charge is -1.98. The molecule has 0 aromatic carbocycles. The first-order valence-electron chi connectivity index (χ1n) is 3.88. The summed E-state index contributed by atoms with van der Waals surface area (Å²) >= 11 is -3.52. The Morgan fingerprint density at radius 3 is 2.19 bits per heavy atom. The molecule has 0 amide bonds. The van der Waals surface area contributed by atoms with Gasteiger partial charge in [-0.2, -0.15) is 4.21 Å². The lowest BCUT2D eigenvalue weighted by atomic mass is 10.3. The van der Waals surface area contributed by atoms with Gasteiger partial charge in [-0.25, -0.2) is 9.20 Å². The van der Waals surface area contributed by atoms with Crippen LogP contribution in [0.25, 0.3) is 0 Å². The van der Waals surface area contributed by atoms with Crippen LogP contribution in [0.1, 0.15) is 13.8 Å². The van der Waals surface area contributed by atoms with Crippen molar-refractivity contribution in [1.82, 2.24) is 0 Å². The van der Waals surface area contributed by atoms with Gasteiger partial charge >= 0.3 is 11.4 Å². The zero-order valence-corrected chi connectivity index (χ0v) is 10.8. The fourth-order valence-corrected chi connectivity index (χ4v) is 0.712. The third kappa shape index (κ3) is 7.45. The van der Waals surface area contributed by atoms with Gasteiger partial charge in [-0.05, 0) is 19.0 Å². The van der Waals surface area contributed by atoms with E-state index in [1.165, 1.54) is 20.3 Å². The number of nitrogens with zero attached hydrogens (tertiary/aromatic N) is 2. The van der Waals surface area contributed by atoms with Gasteiger partial charge in [0.1, 0.15) is 11.4 Å². The van der Waals surface area contributed by atoms with Crippen molar-refractivity contribution >= 4 is 33.9 Å². The second-order valence-electron chi connectivity index (χ2n) is 2.34. The van der Waals surface area contributed by atoms with Crippen LogP contribution in [0.4, 0.5) is 0 Å². The van der Waals surface area contributed by atoms with E-state index in [2.05, 4.69) is 28.1 Å². The summed E-state index contributed by atoms with van der Waals surface area (Å²) < 4.78 is 34.0. The van der Waals surface area contributed by atoms with E-state index >= 15 is 0 Å². The Hall–Kier alpha value is -0.840. The molecule has 0 heterocycles. The lowest BCUT2D eigenvalue weighted by molar-refractivity contribution is -0.195. The van der Waals surface area contributed by atoms with Gasteiger partial charge in [-0.1, -0.05) is 9.49 Å². The maximum Gasteiger partial charge on any atom is 0.381 e. The fourth-order valence-electron chi connectivity index (χ4n) is 0.363. The summed E-state index contributed by atoms with van der Waals surface area (Å²) in [4.78, 5) is 4.26. The molecule has 2 atom stereocenters. The third-order valence-corrected chi connectivity index (χ3v) is 1.92. The highest BCUT2D eigenvalue weighted by Crippen LogP contribution is 1.93. The highest BCUT2D eigenvalue weighted by Gasteiger charge is 2.02. The number of hydrogen-bond acceptors (Lipinski definition) is 8. The standard InChI is InChI=1S/C6H12N2O6S2/c1-5(7-12-14-15(4)9)6(2)8-13-16(10)11-3/h1-4H3/b7-5+,8-6-. The Morgan fingerprint density at radius 2 is 1.69 bits per heavy atom. The van der Waals surface area contributed by atoms with Crippen LogP contribution in [0.2, 0.25) is 0 Å². The maximum atomic E-state index is 10.7. The molecule has 0 saturated heterocycles. The average Bonchev–Trinajstić information content (AvgIpc) is 2.24. The fraction of sp³-hybridized carbons (Fsp3) is 0.667. The van der Waals surface area contributed by atoms with Crippen LogP contribution in [-0.4, -0.2) is 33.2 Å². The molecule has 0 aromatic heterocycles. The summed E-state index contributed by atoms with van der Waals surface area (Å²) in [5.41, 5.74) is 0.606. The lowest BCUT2D eigenvalue weighted by Crippen LogP contribution is -2.08. The van der Waals surface area contributed by atoms with Gasteiger partial charge in [0.05, 0.1) is 7.11 Å². The van der Waals surface area contributed by atoms with E-state index in [-0.39, 0.29) is 0 Å². The Labute approximate surface area is 98.0 Å². The second kappa shape index (κ2) is 8.33. The van der Waals surface area contributed by atoms with Crippen molar-refractivity contribution < 1.29 is 26.2 Å². The van der Waals surface area contributed by atoms with E-state index < -0.39 is 22.4 Å². The molecule has 0 aliphatic rings. The minimum Gasteiger partial charge on any atom is -0.265 e. The summed E-state index contributed by atoms with van der Waals surface area (Å²) in [6.45, 7) is 3.08. The zero-order valence-electron chi connectivity index (χ0n) is 9.16. The highest BCUT2D eigenvalue weighted by atomic mass is 32.2. The Bertz CT molecular complexity index is 329. The van der Waals surface area contributed by atoms with Crippen LogP contribution in [0.15, 0.2) is 10.3 Å². The molecule has 0 bridgehead atoms. The molecule has 0 radical (unpaired) electrons. The normalized spacial score (nSPS) is 16.8. The van der Waals surface area contributed by atoms with Gasteiger partial charge in [-0.15, -0.1) is 0 Å². The zero-order chi connectivity index (χ0) is 12.6. The van der Waals surface area contributed by atoms with Crippen LogP contribution in [0, 0.1) is 0 Å². The molecule has 10 heteroatoms. The van der Waals surface area contributed by atoms with Crippen molar-refractivity contribution in [3.05, 3.63) is 0 Å². The molecule has 94 valence electrons. The minimum absolute atomic E-state index is 0.302. The van der Waals surface area contributed by atoms with E-state index in [0.29, 0.717) is 11.4 Å². The number of rotatable bonds is 7. The topological polar surface area (TPSA) is 95.8 Å². The van der Waals surface area contributed by atoms with Crippen molar-refractivity contribution in [3.63, 3.8) is 0 Å². The molecule has 0 rings (SSSR count). The van der Waals surface area contributed by atoms with Gasteiger partial charge in [0.15, 0.2) is 11.1 Å². The first-order chi connectivity index (χ1) is 7.47. The summed E-state index contributed by atoms with van der Waals surface area (Å²) in [6, 6.07) is 0. The molecule has 16 heavy (non-hydrogen) atoms. The Balaban J connectivity index is 4.20. The summed E-state index contributed by atoms with van der Waals surface area (Å²) in [5.74, 6) is 0. The number of oxime groups is 2. The smallest absolute Gasteiger partial charge is 0.265 e. The van der Waals surface area contributed by atoms with Crippen molar-refractivity contribution in [1.29, 1.82) is 0 Å². The molecular formula is C6H12N2O6S2.